The van der Waals surface area contributed by atoms with Gasteiger partial charge in [-0.2, -0.15) is 0 Å². The lowest BCUT2D eigenvalue weighted by molar-refractivity contribution is 0.145. The van der Waals surface area contributed by atoms with Crippen LogP contribution >= 0.6 is 11.3 Å². The molecule has 2 aromatic rings. The fourth-order valence-electron chi connectivity index (χ4n) is 2.58. The molecule has 1 aliphatic rings. The zero-order valence-corrected chi connectivity index (χ0v) is 12.9. The first-order chi connectivity index (χ1) is 9.68. The second kappa shape index (κ2) is 5.68. The van der Waals surface area contributed by atoms with E-state index in [1.54, 1.807) is 17.6 Å². The predicted octanol–water partition coefficient (Wildman–Crippen LogP) is 2.98. The van der Waals surface area contributed by atoms with Gasteiger partial charge in [0, 0.05) is 30.6 Å². The number of rotatable bonds is 4. The molecule has 4 nitrogen and oxygen atoms in total. The van der Waals surface area contributed by atoms with Crippen molar-refractivity contribution in [3.8, 4) is 10.8 Å². The van der Waals surface area contributed by atoms with Crippen LogP contribution in [0.15, 0.2) is 28.2 Å². The molecule has 5 heteroatoms. The maximum Gasteiger partial charge on any atom is 0.162 e. The first-order valence-electron chi connectivity index (χ1n) is 7.08. The molecule has 1 aliphatic heterocycles. The van der Waals surface area contributed by atoms with E-state index in [-0.39, 0.29) is 0 Å². The van der Waals surface area contributed by atoms with Crippen LogP contribution < -0.4 is 5.32 Å². The molecule has 0 aromatic carbocycles. The van der Waals surface area contributed by atoms with Crippen molar-refractivity contribution in [3.05, 3.63) is 29.5 Å². The van der Waals surface area contributed by atoms with Crippen molar-refractivity contribution < 1.29 is 4.42 Å². The number of thiazole rings is 1. The number of nitrogens with zero attached hydrogens (tertiary/aromatic N) is 2. The highest BCUT2D eigenvalue weighted by molar-refractivity contribution is 7.13. The molecule has 0 atom stereocenters. The van der Waals surface area contributed by atoms with Crippen LogP contribution in [0.3, 0.4) is 0 Å². The summed E-state index contributed by atoms with van der Waals surface area (Å²) >= 11 is 1.66. The van der Waals surface area contributed by atoms with Crippen molar-refractivity contribution in [2.24, 2.45) is 0 Å². The molecule has 0 unspecified atom stereocenters. The third-order valence-corrected chi connectivity index (χ3v) is 5.14. The Balaban J connectivity index is 1.59. The summed E-state index contributed by atoms with van der Waals surface area (Å²) in [5, 5.41) is 6.55. The Morgan fingerprint density at radius 3 is 2.90 bits per heavy atom. The van der Waals surface area contributed by atoms with E-state index in [1.165, 1.54) is 12.8 Å². The molecule has 1 saturated heterocycles. The summed E-state index contributed by atoms with van der Waals surface area (Å²) in [5.41, 5.74) is 1.45. The zero-order valence-electron chi connectivity index (χ0n) is 12.1. The number of aromatic nitrogens is 1. The van der Waals surface area contributed by atoms with E-state index in [2.05, 4.69) is 34.6 Å². The van der Waals surface area contributed by atoms with Crippen molar-refractivity contribution in [2.75, 3.05) is 20.1 Å². The van der Waals surface area contributed by atoms with Crippen molar-refractivity contribution in [3.63, 3.8) is 0 Å². The number of hydrogen-bond donors (Lipinski definition) is 1. The Morgan fingerprint density at radius 2 is 2.25 bits per heavy atom. The van der Waals surface area contributed by atoms with E-state index in [4.69, 9.17) is 4.42 Å². The summed E-state index contributed by atoms with van der Waals surface area (Å²) in [6.07, 6.45) is 4.08. The van der Waals surface area contributed by atoms with Crippen molar-refractivity contribution in [2.45, 2.75) is 31.8 Å². The number of piperidine rings is 1. The topological polar surface area (TPSA) is 41.3 Å². The minimum absolute atomic E-state index is 0.303. The van der Waals surface area contributed by atoms with Crippen LogP contribution in [0.5, 0.6) is 0 Å². The van der Waals surface area contributed by atoms with Crippen LogP contribution in [0.4, 0.5) is 0 Å². The molecule has 1 N–H and O–H groups in total. The van der Waals surface area contributed by atoms with Crippen LogP contribution in [-0.4, -0.2) is 35.6 Å². The van der Waals surface area contributed by atoms with Crippen LogP contribution in [0.2, 0.25) is 0 Å². The average Bonchev–Trinajstić information content (AvgIpc) is 3.12. The van der Waals surface area contributed by atoms with E-state index in [0.29, 0.717) is 5.54 Å². The molecule has 0 spiro atoms. The van der Waals surface area contributed by atoms with Crippen LogP contribution in [0.1, 0.15) is 25.5 Å². The third kappa shape index (κ3) is 2.95. The highest BCUT2D eigenvalue weighted by Crippen LogP contribution is 2.26. The molecule has 0 bridgehead atoms. The predicted molar refractivity (Wildman–Crippen MR) is 81.8 cm³/mol. The normalized spacial score (nSPS) is 19.3. The summed E-state index contributed by atoms with van der Waals surface area (Å²) in [4.78, 5) is 7.16. The van der Waals surface area contributed by atoms with Gasteiger partial charge in [-0.25, -0.2) is 4.98 Å². The molecule has 0 amide bonds. The van der Waals surface area contributed by atoms with Gasteiger partial charge in [0.25, 0.3) is 0 Å². The summed E-state index contributed by atoms with van der Waals surface area (Å²) in [7, 11) is 2.06. The van der Waals surface area contributed by atoms with Gasteiger partial charge in [0.2, 0.25) is 0 Å². The van der Waals surface area contributed by atoms with E-state index >= 15 is 0 Å². The Labute approximate surface area is 123 Å². The summed E-state index contributed by atoms with van der Waals surface area (Å²) in [6.45, 7) is 5.51. The zero-order chi connectivity index (χ0) is 14.0. The van der Waals surface area contributed by atoms with Crippen molar-refractivity contribution in [1.29, 1.82) is 0 Å². The second-order valence-corrected chi connectivity index (χ2v) is 6.57. The van der Waals surface area contributed by atoms with Gasteiger partial charge in [0.15, 0.2) is 10.8 Å². The highest BCUT2D eigenvalue weighted by Gasteiger charge is 2.28. The van der Waals surface area contributed by atoms with Crippen molar-refractivity contribution in [1.82, 2.24) is 15.2 Å². The molecule has 2 aromatic heterocycles. The quantitative estimate of drug-likeness (QED) is 0.940. The lowest BCUT2D eigenvalue weighted by Gasteiger charge is -2.39. The summed E-state index contributed by atoms with van der Waals surface area (Å²) in [5.74, 6) is 0.864. The van der Waals surface area contributed by atoms with Gasteiger partial charge in [-0.3, -0.25) is 4.90 Å². The number of hydrogen-bond acceptors (Lipinski definition) is 5. The minimum Gasteiger partial charge on any atom is -0.462 e. The van der Waals surface area contributed by atoms with Gasteiger partial charge >= 0.3 is 0 Å². The largest absolute Gasteiger partial charge is 0.462 e. The van der Waals surface area contributed by atoms with Gasteiger partial charge in [-0.15, -0.1) is 11.3 Å². The maximum absolute atomic E-state index is 5.39. The van der Waals surface area contributed by atoms with Gasteiger partial charge in [-0.05, 0) is 38.9 Å². The van der Waals surface area contributed by atoms with Gasteiger partial charge in [-0.1, -0.05) is 0 Å². The first kappa shape index (κ1) is 13.8. The van der Waals surface area contributed by atoms with E-state index in [1.807, 2.05) is 12.1 Å². The fraction of sp³-hybridized carbons (Fsp3) is 0.533. The molecule has 3 rings (SSSR count). The monoisotopic (exact) mass is 291 g/mol. The smallest absolute Gasteiger partial charge is 0.162 e. The Hall–Kier alpha value is -1.17. The molecule has 0 aliphatic carbocycles. The number of furan rings is 1. The van der Waals surface area contributed by atoms with Crippen LogP contribution in [0.25, 0.3) is 10.8 Å². The van der Waals surface area contributed by atoms with Gasteiger partial charge in [0.05, 0.1) is 12.0 Å². The molecule has 3 heterocycles. The Bertz CT molecular complexity index is 541. The number of nitrogens with one attached hydrogen (secondary N) is 1. The summed E-state index contributed by atoms with van der Waals surface area (Å²) in [6, 6.07) is 3.86. The molecular weight excluding hydrogens is 270 g/mol. The van der Waals surface area contributed by atoms with Crippen LogP contribution in [0, 0.1) is 0 Å². The van der Waals surface area contributed by atoms with E-state index in [0.717, 1.165) is 36.1 Å². The van der Waals surface area contributed by atoms with Crippen molar-refractivity contribution >= 4 is 11.3 Å². The van der Waals surface area contributed by atoms with E-state index in [9.17, 15) is 0 Å². The SMILES string of the molecule is CNC1(C)CCN(Cc2csc(-c3ccco3)n2)CC1. The first-order valence-corrected chi connectivity index (χ1v) is 7.96. The maximum atomic E-state index is 5.39. The molecular formula is C15H21N3OS. The Morgan fingerprint density at radius 1 is 1.45 bits per heavy atom. The van der Waals surface area contributed by atoms with Crippen LogP contribution in [-0.2, 0) is 6.54 Å². The standard InChI is InChI=1S/C15H21N3OS/c1-15(16-2)5-7-18(8-6-15)10-12-11-20-14(17-12)13-4-3-9-19-13/h3-4,9,11,16H,5-8,10H2,1-2H3. The Kier molecular flexibility index (Phi) is 3.92. The molecule has 20 heavy (non-hydrogen) atoms. The molecule has 1 fully saturated rings. The minimum atomic E-state index is 0.303. The average molecular weight is 291 g/mol. The lowest BCUT2D eigenvalue weighted by atomic mass is 9.90. The highest BCUT2D eigenvalue weighted by atomic mass is 32.1. The van der Waals surface area contributed by atoms with E-state index < -0.39 is 0 Å². The van der Waals surface area contributed by atoms with Gasteiger partial charge in [0.1, 0.15) is 0 Å². The lowest BCUT2D eigenvalue weighted by Crippen LogP contribution is -2.49. The summed E-state index contributed by atoms with van der Waals surface area (Å²) < 4.78 is 5.39. The third-order valence-electron chi connectivity index (χ3n) is 4.23. The molecule has 0 saturated carbocycles. The molecule has 0 radical (unpaired) electrons. The fourth-order valence-corrected chi connectivity index (χ4v) is 3.35. The number of likely N-dealkylation sites (tertiary alicyclic amines) is 1. The van der Waals surface area contributed by atoms with Gasteiger partial charge < -0.3 is 9.73 Å². The second-order valence-electron chi connectivity index (χ2n) is 5.71. The molecule has 108 valence electrons.